The van der Waals surface area contributed by atoms with Gasteiger partial charge >= 0.3 is 0 Å². The Morgan fingerprint density at radius 1 is 1.23 bits per heavy atom. The summed E-state index contributed by atoms with van der Waals surface area (Å²) in [6.07, 6.45) is 4.53. The molecule has 0 radical (unpaired) electrons. The van der Waals surface area contributed by atoms with E-state index in [2.05, 4.69) is 26.1 Å². The largest absolute Gasteiger partial charge is 0.396 e. The second kappa shape index (κ2) is 7.34. The van der Waals surface area contributed by atoms with E-state index in [-0.39, 0.29) is 0 Å². The first-order chi connectivity index (χ1) is 6.12. The van der Waals surface area contributed by atoms with Crippen molar-refractivity contribution in [1.82, 2.24) is 5.32 Å². The maximum Gasteiger partial charge on any atom is 0.0431 e. The van der Waals surface area contributed by atoms with E-state index in [1.165, 1.54) is 12.8 Å². The van der Waals surface area contributed by atoms with Gasteiger partial charge in [0.1, 0.15) is 0 Å². The molecule has 0 bridgehead atoms. The topological polar surface area (TPSA) is 32.3 Å². The average molecular weight is 187 g/mol. The summed E-state index contributed by atoms with van der Waals surface area (Å²) in [5, 5.41) is 12.0. The molecule has 0 spiro atoms. The fourth-order valence-electron chi connectivity index (χ4n) is 1.55. The third-order valence-corrected chi connectivity index (χ3v) is 2.29. The molecule has 0 amide bonds. The third-order valence-electron chi connectivity index (χ3n) is 2.29. The Hall–Kier alpha value is -0.0800. The van der Waals surface area contributed by atoms with Crippen LogP contribution in [0.3, 0.4) is 0 Å². The molecular formula is C11H25NO. The molecule has 0 aromatic carbocycles. The summed E-state index contributed by atoms with van der Waals surface area (Å²) in [7, 11) is 0. The fourth-order valence-corrected chi connectivity index (χ4v) is 1.55. The predicted molar refractivity (Wildman–Crippen MR) is 57.9 cm³/mol. The summed E-state index contributed by atoms with van der Waals surface area (Å²) in [6, 6.07) is 0. The van der Waals surface area contributed by atoms with Gasteiger partial charge < -0.3 is 10.4 Å². The van der Waals surface area contributed by atoms with Gasteiger partial charge in [-0.1, -0.05) is 27.2 Å². The van der Waals surface area contributed by atoms with E-state index >= 15 is 0 Å². The minimum atomic E-state index is 0.319. The highest BCUT2D eigenvalue weighted by Gasteiger charge is 2.14. The van der Waals surface area contributed by atoms with Crippen LogP contribution in [-0.4, -0.2) is 24.8 Å². The molecule has 0 aliphatic rings. The highest BCUT2D eigenvalue weighted by atomic mass is 16.2. The molecule has 0 atom stereocenters. The van der Waals surface area contributed by atoms with Crippen molar-refractivity contribution in [3.63, 3.8) is 0 Å². The lowest BCUT2D eigenvalue weighted by Crippen LogP contribution is -2.30. The van der Waals surface area contributed by atoms with Crippen molar-refractivity contribution in [2.75, 3.05) is 19.7 Å². The van der Waals surface area contributed by atoms with E-state index in [4.69, 9.17) is 5.11 Å². The Labute approximate surface area is 82.7 Å². The molecule has 0 aliphatic heterocycles. The minimum Gasteiger partial charge on any atom is -0.396 e. The summed E-state index contributed by atoms with van der Waals surface area (Å²) < 4.78 is 0. The first kappa shape index (κ1) is 12.9. The van der Waals surface area contributed by atoms with Crippen molar-refractivity contribution in [3.8, 4) is 0 Å². The maximum atomic E-state index is 8.58. The van der Waals surface area contributed by atoms with Gasteiger partial charge in [0.25, 0.3) is 0 Å². The van der Waals surface area contributed by atoms with Crippen molar-refractivity contribution >= 4 is 0 Å². The first-order valence-electron chi connectivity index (χ1n) is 5.44. The molecule has 0 saturated carbocycles. The highest BCUT2D eigenvalue weighted by molar-refractivity contribution is 4.70. The molecule has 0 aliphatic carbocycles. The van der Waals surface area contributed by atoms with Crippen LogP contribution in [0.15, 0.2) is 0 Å². The molecule has 0 heterocycles. The molecule has 2 heteroatoms. The summed E-state index contributed by atoms with van der Waals surface area (Å²) in [5.41, 5.74) is 0.425. The van der Waals surface area contributed by atoms with Gasteiger partial charge in [-0.3, -0.25) is 0 Å². The number of unbranched alkanes of at least 4 members (excludes halogenated alkanes) is 1. The molecule has 0 rings (SSSR count). The number of nitrogens with one attached hydrogen (secondary N) is 1. The Bertz CT molecular complexity index is 113. The first-order valence-corrected chi connectivity index (χ1v) is 5.44. The van der Waals surface area contributed by atoms with Crippen molar-refractivity contribution < 1.29 is 5.11 Å². The molecule has 0 fully saturated rings. The number of hydrogen-bond acceptors (Lipinski definition) is 2. The molecule has 2 nitrogen and oxygen atoms in total. The van der Waals surface area contributed by atoms with Gasteiger partial charge in [-0.15, -0.1) is 0 Å². The third kappa shape index (κ3) is 8.26. The molecule has 13 heavy (non-hydrogen) atoms. The summed E-state index contributed by atoms with van der Waals surface area (Å²) in [6.45, 7) is 9.28. The second-order valence-electron chi connectivity index (χ2n) is 4.52. The van der Waals surface area contributed by atoms with E-state index in [0.29, 0.717) is 12.0 Å². The lowest BCUT2D eigenvalue weighted by Gasteiger charge is -2.24. The Morgan fingerprint density at radius 3 is 2.46 bits per heavy atom. The molecule has 80 valence electrons. The standard InChI is InChI=1S/C11H25NO/c1-4-7-11(2,3)10-12-8-5-6-9-13/h12-13H,4-10H2,1-3H3. The molecule has 0 aromatic heterocycles. The van der Waals surface area contributed by atoms with Crippen LogP contribution in [0, 0.1) is 5.41 Å². The van der Waals surface area contributed by atoms with Crippen molar-refractivity contribution in [2.24, 2.45) is 5.41 Å². The smallest absolute Gasteiger partial charge is 0.0431 e. The van der Waals surface area contributed by atoms with Crippen LogP contribution in [0.4, 0.5) is 0 Å². The van der Waals surface area contributed by atoms with Gasteiger partial charge in [0.05, 0.1) is 0 Å². The maximum absolute atomic E-state index is 8.58. The van der Waals surface area contributed by atoms with Crippen LogP contribution in [-0.2, 0) is 0 Å². The van der Waals surface area contributed by atoms with Gasteiger partial charge in [-0.2, -0.15) is 0 Å². The van der Waals surface area contributed by atoms with Crippen molar-refractivity contribution in [2.45, 2.75) is 46.5 Å². The predicted octanol–water partition coefficient (Wildman–Crippen LogP) is 2.17. The van der Waals surface area contributed by atoms with Crippen LogP contribution in [0.25, 0.3) is 0 Å². The zero-order valence-electron chi connectivity index (χ0n) is 9.40. The summed E-state index contributed by atoms with van der Waals surface area (Å²) in [4.78, 5) is 0. The van der Waals surface area contributed by atoms with Gasteiger partial charge in [0.15, 0.2) is 0 Å². The van der Waals surface area contributed by atoms with E-state index in [0.717, 1.165) is 25.9 Å². The molecular weight excluding hydrogens is 162 g/mol. The fraction of sp³-hybridized carbons (Fsp3) is 1.00. The SMILES string of the molecule is CCCC(C)(C)CNCCCCO. The Balaban J connectivity index is 3.29. The molecule has 0 saturated heterocycles. The normalized spacial score (nSPS) is 12.0. The monoisotopic (exact) mass is 187 g/mol. The van der Waals surface area contributed by atoms with Gasteiger partial charge in [-0.25, -0.2) is 0 Å². The summed E-state index contributed by atoms with van der Waals surface area (Å²) in [5.74, 6) is 0. The number of aliphatic hydroxyl groups is 1. The van der Waals surface area contributed by atoms with Crippen LogP contribution in [0.5, 0.6) is 0 Å². The van der Waals surface area contributed by atoms with Crippen LogP contribution >= 0.6 is 0 Å². The van der Waals surface area contributed by atoms with E-state index < -0.39 is 0 Å². The van der Waals surface area contributed by atoms with Gasteiger partial charge in [-0.05, 0) is 31.2 Å². The van der Waals surface area contributed by atoms with Crippen LogP contribution < -0.4 is 5.32 Å². The van der Waals surface area contributed by atoms with E-state index in [1.54, 1.807) is 0 Å². The second-order valence-corrected chi connectivity index (χ2v) is 4.52. The van der Waals surface area contributed by atoms with Crippen molar-refractivity contribution in [3.05, 3.63) is 0 Å². The zero-order chi connectivity index (χ0) is 10.2. The zero-order valence-corrected chi connectivity index (χ0v) is 9.40. The molecule has 0 aromatic rings. The van der Waals surface area contributed by atoms with E-state index in [1.807, 2.05) is 0 Å². The lowest BCUT2D eigenvalue weighted by atomic mass is 9.88. The van der Waals surface area contributed by atoms with Gasteiger partial charge in [0.2, 0.25) is 0 Å². The number of aliphatic hydroxyl groups excluding tert-OH is 1. The molecule has 2 N–H and O–H groups in total. The number of rotatable bonds is 8. The van der Waals surface area contributed by atoms with Gasteiger partial charge in [0, 0.05) is 13.2 Å². The highest BCUT2D eigenvalue weighted by Crippen LogP contribution is 2.20. The Morgan fingerprint density at radius 2 is 1.92 bits per heavy atom. The lowest BCUT2D eigenvalue weighted by molar-refractivity contribution is 0.277. The van der Waals surface area contributed by atoms with Crippen molar-refractivity contribution in [1.29, 1.82) is 0 Å². The van der Waals surface area contributed by atoms with E-state index in [9.17, 15) is 0 Å². The molecule has 0 unspecified atom stereocenters. The summed E-state index contributed by atoms with van der Waals surface area (Å²) >= 11 is 0. The van der Waals surface area contributed by atoms with Crippen LogP contribution in [0.1, 0.15) is 46.5 Å². The van der Waals surface area contributed by atoms with Crippen LogP contribution in [0.2, 0.25) is 0 Å². The quantitative estimate of drug-likeness (QED) is 0.571. The number of hydrogen-bond donors (Lipinski definition) is 2. The average Bonchev–Trinajstić information content (AvgIpc) is 2.04. The Kier molecular flexibility index (Phi) is 7.29. The minimum absolute atomic E-state index is 0.319.